The van der Waals surface area contributed by atoms with Crippen molar-refractivity contribution in [3.05, 3.63) is 70.0 Å². The van der Waals surface area contributed by atoms with Gasteiger partial charge in [0.05, 0.1) is 10.4 Å². The average Bonchev–Trinajstić information content (AvgIpc) is 2.75. The second kappa shape index (κ2) is 9.75. The minimum absolute atomic E-state index is 0.0730. The number of benzene rings is 2. The number of para-hydroxylation sites is 1. The quantitative estimate of drug-likeness (QED) is 0.428. The van der Waals surface area contributed by atoms with Gasteiger partial charge < -0.3 is 10.2 Å². The molecule has 0 aliphatic heterocycles. The molecular weight excluding hydrogens is 366 g/mol. The molecule has 1 heterocycles. The second-order valence-corrected chi connectivity index (χ2v) is 6.58. The number of non-ortho nitro benzene ring substituents is 1. The summed E-state index contributed by atoms with van der Waals surface area (Å²) in [5, 5.41) is 15.2. The number of anilines is 1. The molecule has 150 valence electrons. The molecule has 0 spiro atoms. The van der Waals surface area contributed by atoms with Crippen molar-refractivity contribution in [2.45, 2.75) is 13.8 Å². The van der Waals surface area contributed by atoms with Crippen LogP contribution in [0, 0.1) is 10.1 Å². The van der Waals surface area contributed by atoms with Crippen molar-refractivity contribution in [3.8, 4) is 0 Å². The summed E-state index contributed by atoms with van der Waals surface area (Å²) >= 11 is 0. The maximum atomic E-state index is 10.8. The number of fused-ring (bicyclic) bond motifs is 1. The Balaban J connectivity index is 1.81. The van der Waals surface area contributed by atoms with Gasteiger partial charge >= 0.3 is 0 Å². The second-order valence-electron chi connectivity index (χ2n) is 6.58. The Morgan fingerprint density at radius 2 is 1.76 bits per heavy atom. The number of hydrogen-bond donors (Lipinski definition) is 1. The Hall–Kier alpha value is -3.32. The topological polar surface area (TPSA) is 84.2 Å². The first-order valence-electron chi connectivity index (χ1n) is 9.76. The minimum Gasteiger partial charge on any atom is -0.368 e. The zero-order chi connectivity index (χ0) is 20.6. The van der Waals surface area contributed by atoms with E-state index in [1.807, 2.05) is 36.4 Å². The number of rotatable bonds is 9. The van der Waals surface area contributed by atoms with E-state index in [1.54, 1.807) is 12.1 Å². The van der Waals surface area contributed by atoms with E-state index < -0.39 is 4.92 Å². The lowest BCUT2D eigenvalue weighted by molar-refractivity contribution is -0.384. The van der Waals surface area contributed by atoms with Crippen molar-refractivity contribution in [2.75, 3.05) is 31.5 Å². The Morgan fingerprint density at radius 1 is 1.03 bits per heavy atom. The fourth-order valence-corrected chi connectivity index (χ4v) is 3.05. The monoisotopic (exact) mass is 391 g/mol. The van der Waals surface area contributed by atoms with Gasteiger partial charge in [-0.3, -0.25) is 10.1 Å². The average molecular weight is 391 g/mol. The highest BCUT2D eigenvalue weighted by molar-refractivity contribution is 5.90. The molecule has 0 saturated heterocycles. The predicted octanol–water partition coefficient (Wildman–Crippen LogP) is 4.46. The molecule has 1 N–H and O–H groups in total. The van der Waals surface area contributed by atoms with Gasteiger partial charge in [0.2, 0.25) is 0 Å². The summed E-state index contributed by atoms with van der Waals surface area (Å²) in [5.74, 6) is 1.40. The Bertz CT molecular complexity index is 998. The van der Waals surface area contributed by atoms with Crippen LogP contribution in [-0.4, -0.2) is 46.0 Å². The van der Waals surface area contributed by atoms with E-state index in [-0.39, 0.29) is 5.69 Å². The molecule has 1 aromatic heterocycles. The number of aromatic nitrogens is 2. The van der Waals surface area contributed by atoms with E-state index in [0.717, 1.165) is 48.5 Å². The number of hydrogen-bond acceptors (Lipinski definition) is 6. The Morgan fingerprint density at radius 3 is 2.45 bits per heavy atom. The first-order valence-corrected chi connectivity index (χ1v) is 9.76. The molecule has 7 nitrogen and oxygen atoms in total. The third kappa shape index (κ3) is 5.36. The first-order chi connectivity index (χ1) is 14.1. The molecule has 0 aliphatic rings. The summed E-state index contributed by atoms with van der Waals surface area (Å²) in [6.45, 7) is 8.10. The molecule has 3 rings (SSSR count). The number of nitrogens with zero attached hydrogens (tertiary/aromatic N) is 4. The van der Waals surface area contributed by atoms with E-state index in [9.17, 15) is 10.1 Å². The highest BCUT2D eigenvalue weighted by Gasteiger charge is 2.07. The molecule has 0 radical (unpaired) electrons. The van der Waals surface area contributed by atoms with E-state index in [0.29, 0.717) is 5.82 Å². The molecular formula is C22H25N5O2. The van der Waals surface area contributed by atoms with Gasteiger partial charge in [-0.2, -0.15) is 0 Å². The SMILES string of the molecule is CCN(CC)CCNc1nc(/C=C/c2ccc([N+](=O)[O-])cc2)nc2ccccc12. The summed E-state index contributed by atoms with van der Waals surface area (Å²) in [6.07, 6.45) is 3.68. The van der Waals surface area contributed by atoms with E-state index in [2.05, 4.69) is 34.0 Å². The van der Waals surface area contributed by atoms with Gasteiger partial charge in [0.15, 0.2) is 5.82 Å². The van der Waals surface area contributed by atoms with Crippen LogP contribution in [0.1, 0.15) is 25.2 Å². The van der Waals surface area contributed by atoms with Gasteiger partial charge in [0.1, 0.15) is 5.82 Å². The third-order valence-corrected chi connectivity index (χ3v) is 4.76. The molecule has 3 aromatic rings. The highest BCUT2D eigenvalue weighted by atomic mass is 16.6. The summed E-state index contributed by atoms with van der Waals surface area (Å²) in [4.78, 5) is 22.0. The summed E-state index contributed by atoms with van der Waals surface area (Å²) in [5.41, 5.74) is 1.79. The third-order valence-electron chi connectivity index (χ3n) is 4.76. The number of nitrogens with one attached hydrogen (secondary N) is 1. The standard InChI is InChI=1S/C22H25N5O2/c1-3-26(4-2)16-15-23-22-19-7-5-6-8-20(19)24-21(25-22)14-11-17-9-12-18(13-10-17)27(28)29/h5-14H,3-4,15-16H2,1-2H3,(H,23,24,25)/b14-11+. The summed E-state index contributed by atoms with van der Waals surface area (Å²) in [6, 6.07) is 14.3. The van der Waals surface area contributed by atoms with Crippen LogP contribution in [0.3, 0.4) is 0 Å². The van der Waals surface area contributed by atoms with Crippen molar-refractivity contribution in [2.24, 2.45) is 0 Å². The van der Waals surface area contributed by atoms with Crippen LogP contribution in [0.25, 0.3) is 23.1 Å². The van der Waals surface area contributed by atoms with E-state index in [4.69, 9.17) is 0 Å². The van der Waals surface area contributed by atoms with Crippen LogP contribution in [0.15, 0.2) is 48.5 Å². The summed E-state index contributed by atoms with van der Waals surface area (Å²) < 4.78 is 0. The molecule has 0 amide bonds. The molecule has 0 aliphatic carbocycles. The van der Waals surface area contributed by atoms with Crippen molar-refractivity contribution in [1.82, 2.24) is 14.9 Å². The van der Waals surface area contributed by atoms with Gasteiger partial charge in [0, 0.05) is 30.6 Å². The maximum absolute atomic E-state index is 10.8. The lowest BCUT2D eigenvalue weighted by Gasteiger charge is -2.18. The smallest absolute Gasteiger partial charge is 0.269 e. The van der Waals surface area contributed by atoms with Crippen LogP contribution in [0.2, 0.25) is 0 Å². The van der Waals surface area contributed by atoms with E-state index >= 15 is 0 Å². The Kier molecular flexibility index (Phi) is 6.86. The Labute approximate surface area is 170 Å². The number of likely N-dealkylation sites (N-methyl/N-ethyl adjacent to an activating group) is 1. The zero-order valence-electron chi connectivity index (χ0n) is 16.7. The van der Waals surface area contributed by atoms with Crippen molar-refractivity contribution >= 4 is 34.6 Å². The number of nitro groups is 1. The van der Waals surface area contributed by atoms with Crippen molar-refractivity contribution in [1.29, 1.82) is 0 Å². The van der Waals surface area contributed by atoms with Gasteiger partial charge in [0.25, 0.3) is 5.69 Å². The fraction of sp³-hybridized carbons (Fsp3) is 0.273. The normalized spacial score (nSPS) is 11.4. The van der Waals surface area contributed by atoms with Gasteiger partial charge in [-0.25, -0.2) is 9.97 Å². The molecule has 7 heteroatoms. The molecule has 0 saturated carbocycles. The highest BCUT2D eigenvalue weighted by Crippen LogP contribution is 2.21. The molecule has 0 atom stereocenters. The van der Waals surface area contributed by atoms with Crippen LogP contribution in [0.5, 0.6) is 0 Å². The van der Waals surface area contributed by atoms with Crippen LogP contribution in [-0.2, 0) is 0 Å². The van der Waals surface area contributed by atoms with Crippen LogP contribution >= 0.6 is 0 Å². The zero-order valence-corrected chi connectivity index (χ0v) is 16.7. The molecule has 0 fully saturated rings. The number of nitro benzene ring substituents is 1. The van der Waals surface area contributed by atoms with Gasteiger partial charge in [-0.15, -0.1) is 0 Å². The van der Waals surface area contributed by atoms with Crippen molar-refractivity contribution < 1.29 is 4.92 Å². The molecule has 29 heavy (non-hydrogen) atoms. The van der Waals surface area contributed by atoms with Crippen LogP contribution in [0.4, 0.5) is 11.5 Å². The summed E-state index contributed by atoms with van der Waals surface area (Å²) in [7, 11) is 0. The molecule has 0 unspecified atom stereocenters. The van der Waals surface area contributed by atoms with Crippen molar-refractivity contribution in [3.63, 3.8) is 0 Å². The first kappa shape index (κ1) is 20.4. The minimum atomic E-state index is -0.407. The predicted molar refractivity (Wildman–Crippen MR) is 118 cm³/mol. The molecule has 0 bridgehead atoms. The maximum Gasteiger partial charge on any atom is 0.269 e. The fourth-order valence-electron chi connectivity index (χ4n) is 3.05. The lowest BCUT2D eigenvalue weighted by atomic mass is 10.2. The largest absolute Gasteiger partial charge is 0.368 e. The lowest BCUT2D eigenvalue weighted by Crippen LogP contribution is -2.28. The van der Waals surface area contributed by atoms with E-state index in [1.165, 1.54) is 12.1 Å². The van der Waals surface area contributed by atoms with Crippen LogP contribution < -0.4 is 5.32 Å². The molecule has 2 aromatic carbocycles. The van der Waals surface area contributed by atoms with Gasteiger partial charge in [-0.1, -0.05) is 32.1 Å². The van der Waals surface area contributed by atoms with Gasteiger partial charge in [-0.05, 0) is 49.0 Å².